The molecule has 0 aliphatic carbocycles. The fourth-order valence-corrected chi connectivity index (χ4v) is 3.05. The number of carbonyl (C=O) groups excluding carboxylic acids is 1. The molecule has 0 unspecified atom stereocenters. The molecular formula is C15H22N2O3S. The lowest BCUT2D eigenvalue weighted by molar-refractivity contribution is 0.199. The van der Waals surface area contributed by atoms with Crippen LogP contribution in [0.5, 0.6) is 0 Å². The molecule has 1 aliphatic heterocycles. The number of benzene rings is 1. The molecule has 6 heteroatoms. The summed E-state index contributed by atoms with van der Waals surface area (Å²) in [7, 11) is -3.17. The topological polar surface area (TPSA) is 66.5 Å². The van der Waals surface area contributed by atoms with Gasteiger partial charge in [0.2, 0.25) is 0 Å². The number of hydrogen-bond acceptors (Lipinski definition) is 3. The van der Waals surface area contributed by atoms with Crippen LogP contribution in [-0.2, 0) is 16.4 Å². The molecule has 0 atom stereocenters. The van der Waals surface area contributed by atoms with Gasteiger partial charge in [-0.3, -0.25) is 0 Å². The van der Waals surface area contributed by atoms with Crippen LogP contribution in [0.25, 0.3) is 0 Å². The first-order chi connectivity index (χ1) is 9.97. The van der Waals surface area contributed by atoms with E-state index in [0.29, 0.717) is 11.4 Å². The molecule has 1 saturated heterocycles. The number of urea groups is 1. The summed E-state index contributed by atoms with van der Waals surface area (Å²) in [6.07, 6.45) is 5.70. The van der Waals surface area contributed by atoms with Gasteiger partial charge >= 0.3 is 6.03 Å². The third-order valence-electron chi connectivity index (χ3n) is 3.69. The van der Waals surface area contributed by atoms with Crippen LogP contribution in [0.3, 0.4) is 0 Å². The highest BCUT2D eigenvalue weighted by molar-refractivity contribution is 7.90. The lowest BCUT2D eigenvalue weighted by atomic mass is 10.2. The Morgan fingerprint density at radius 3 is 2.19 bits per heavy atom. The first-order valence-electron chi connectivity index (χ1n) is 7.28. The van der Waals surface area contributed by atoms with E-state index in [4.69, 9.17) is 0 Å². The first-order valence-corrected chi connectivity index (χ1v) is 9.18. The molecule has 1 fully saturated rings. The van der Waals surface area contributed by atoms with Gasteiger partial charge in [0.25, 0.3) is 0 Å². The molecule has 1 aromatic rings. The molecular weight excluding hydrogens is 288 g/mol. The average molecular weight is 310 g/mol. The van der Waals surface area contributed by atoms with Crippen LogP contribution < -0.4 is 5.32 Å². The molecule has 5 nitrogen and oxygen atoms in total. The fraction of sp³-hybridized carbons (Fsp3) is 0.533. The van der Waals surface area contributed by atoms with Crippen molar-refractivity contribution in [2.75, 3.05) is 19.3 Å². The van der Waals surface area contributed by atoms with Crippen LogP contribution >= 0.6 is 0 Å². The summed E-state index contributed by atoms with van der Waals surface area (Å²) in [6.45, 7) is 2.05. The minimum Gasteiger partial charge on any atom is -0.334 e. The fourth-order valence-electron chi connectivity index (χ4n) is 2.42. The van der Waals surface area contributed by atoms with Crippen LogP contribution in [0.15, 0.2) is 29.2 Å². The second-order valence-corrected chi connectivity index (χ2v) is 7.49. The van der Waals surface area contributed by atoms with Crippen molar-refractivity contribution >= 4 is 15.9 Å². The number of nitrogens with zero attached hydrogens (tertiary/aromatic N) is 1. The standard InChI is InChI=1S/C15H22N2O3S/c1-21(19,20)14-8-6-13(7-9-14)12-16-15(18)17-10-4-2-3-5-11-17/h6-9H,2-5,10-12H2,1H3,(H,16,18). The molecule has 1 N–H and O–H groups in total. The Hall–Kier alpha value is -1.56. The van der Waals surface area contributed by atoms with Crippen molar-refractivity contribution < 1.29 is 13.2 Å². The van der Waals surface area contributed by atoms with E-state index in [9.17, 15) is 13.2 Å². The van der Waals surface area contributed by atoms with Crippen molar-refractivity contribution in [1.82, 2.24) is 10.2 Å². The molecule has 1 heterocycles. The molecule has 0 bridgehead atoms. The second-order valence-electron chi connectivity index (χ2n) is 5.48. The van der Waals surface area contributed by atoms with Crippen LogP contribution in [0, 0.1) is 0 Å². The largest absolute Gasteiger partial charge is 0.334 e. The van der Waals surface area contributed by atoms with Gasteiger partial charge in [-0.25, -0.2) is 13.2 Å². The average Bonchev–Trinajstić information content (AvgIpc) is 2.73. The van der Waals surface area contributed by atoms with Crippen molar-refractivity contribution in [3.8, 4) is 0 Å². The molecule has 0 radical (unpaired) electrons. The number of rotatable bonds is 3. The minimum absolute atomic E-state index is 0.0379. The van der Waals surface area contributed by atoms with Crippen molar-refractivity contribution in [1.29, 1.82) is 0 Å². The molecule has 0 spiro atoms. The Balaban J connectivity index is 1.89. The summed E-state index contributed by atoms with van der Waals surface area (Å²) in [6, 6.07) is 6.58. The number of carbonyl (C=O) groups is 1. The predicted octanol–water partition coefficient (Wildman–Crippen LogP) is 2.18. The van der Waals surface area contributed by atoms with Gasteiger partial charge in [-0.15, -0.1) is 0 Å². The van der Waals surface area contributed by atoms with Gasteiger partial charge in [-0.05, 0) is 30.5 Å². The zero-order chi connectivity index (χ0) is 15.3. The Bertz CT molecular complexity index is 573. The van der Waals surface area contributed by atoms with Crippen LogP contribution in [0.4, 0.5) is 4.79 Å². The number of sulfone groups is 1. The zero-order valence-corrected chi connectivity index (χ0v) is 13.2. The zero-order valence-electron chi connectivity index (χ0n) is 12.3. The lowest BCUT2D eigenvalue weighted by Crippen LogP contribution is -2.40. The van der Waals surface area contributed by atoms with Crippen LogP contribution in [-0.4, -0.2) is 38.7 Å². The molecule has 116 valence electrons. The van der Waals surface area contributed by atoms with Crippen molar-refractivity contribution in [3.63, 3.8) is 0 Å². The van der Waals surface area contributed by atoms with Crippen molar-refractivity contribution in [2.24, 2.45) is 0 Å². The lowest BCUT2D eigenvalue weighted by Gasteiger charge is -2.20. The molecule has 2 rings (SSSR count). The third kappa shape index (κ3) is 4.74. The SMILES string of the molecule is CS(=O)(=O)c1ccc(CNC(=O)N2CCCCCC2)cc1. The maximum Gasteiger partial charge on any atom is 0.317 e. The smallest absolute Gasteiger partial charge is 0.317 e. The van der Waals surface area contributed by atoms with E-state index in [0.717, 1.165) is 31.5 Å². The van der Waals surface area contributed by atoms with Gasteiger partial charge in [0, 0.05) is 25.9 Å². The van der Waals surface area contributed by atoms with Crippen molar-refractivity contribution in [2.45, 2.75) is 37.1 Å². The summed E-state index contributed by atoms with van der Waals surface area (Å²) in [5.41, 5.74) is 0.894. The maximum atomic E-state index is 12.1. The maximum absolute atomic E-state index is 12.1. The van der Waals surface area contributed by atoms with E-state index < -0.39 is 9.84 Å². The van der Waals surface area contributed by atoms with E-state index in [2.05, 4.69) is 5.32 Å². The molecule has 1 aromatic carbocycles. The van der Waals surface area contributed by atoms with Gasteiger partial charge in [0.1, 0.15) is 0 Å². The van der Waals surface area contributed by atoms with Gasteiger partial charge in [-0.1, -0.05) is 25.0 Å². The third-order valence-corrected chi connectivity index (χ3v) is 4.82. The highest BCUT2D eigenvalue weighted by Gasteiger charge is 2.14. The molecule has 1 aliphatic rings. The van der Waals surface area contributed by atoms with E-state index in [1.165, 1.54) is 19.1 Å². The van der Waals surface area contributed by atoms with E-state index >= 15 is 0 Å². The number of likely N-dealkylation sites (tertiary alicyclic amines) is 1. The van der Waals surface area contributed by atoms with E-state index in [1.54, 1.807) is 24.3 Å². The Labute approximate surface area is 126 Å². The molecule has 2 amide bonds. The predicted molar refractivity (Wildman–Crippen MR) is 81.8 cm³/mol. The van der Waals surface area contributed by atoms with E-state index in [1.807, 2.05) is 4.90 Å². The number of nitrogens with one attached hydrogen (secondary N) is 1. The summed E-state index contributed by atoms with van der Waals surface area (Å²) < 4.78 is 22.7. The number of hydrogen-bond donors (Lipinski definition) is 1. The monoisotopic (exact) mass is 310 g/mol. The van der Waals surface area contributed by atoms with Gasteiger partial charge in [-0.2, -0.15) is 0 Å². The van der Waals surface area contributed by atoms with Crippen molar-refractivity contribution in [3.05, 3.63) is 29.8 Å². The quantitative estimate of drug-likeness (QED) is 0.930. The van der Waals surface area contributed by atoms with Gasteiger partial charge in [0.15, 0.2) is 9.84 Å². The number of amides is 2. The molecule has 0 saturated carbocycles. The highest BCUT2D eigenvalue weighted by Crippen LogP contribution is 2.11. The van der Waals surface area contributed by atoms with Gasteiger partial charge < -0.3 is 10.2 Å². The van der Waals surface area contributed by atoms with Gasteiger partial charge in [0.05, 0.1) is 4.90 Å². The normalized spacial score (nSPS) is 16.3. The van der Waals surface area contributed by atoms with Crippen LogP contribution in [0.1, 0.15) is 31.2 Å². The summed E-state index contributed by atoms with van der Waals surface area (Å²) in [4.78, 5) is 14.2. The summed E-state index contributed by atoms with van der Waals surface area (Å²) in [5, 5.41) is 2.89. The summed E-state index contributed by atoms with van der Waals surface area (Å²) in [5.74, 6) is 0. The minimum atomic E-state index is -3.17. The highest BCUT2D eigenvalue weighted by atomic mass is 32.2. The van der Waals surface area contributed by atoms with Crippen LogP contribution in [0.2, 0.25) is 0 Å². The Morgan fingerprint density at radius 2 is 1.67 bits per heavy atom. The summed E-state index contributed by atoms with van der Waals surface area (Å²) >= 11 is 0. The Kier molecular flexibility index (Phi) is 5.22. The van der Waals surface area contributed by atoms with E-state index in [-0.39, 0.29) is 6.03 Å². The second kappa shape index (κ2) is 6.93. The Morgan fingerprint density at radius 1 is 1.10 bits per heavy atom. The molecule has 0 aromatic heterocycles. The molecule has 21 heavy (non-hydrogen) atoms. The first kappa shape index (κ1) is 15.8.